The van der Waals surface area contributed by atoms with Gasteiger partial charge < -0.3 is 4.90 Å². The van der Waals surface area contributed by atoms with Crippen LogP contribution < -0.4 is 10.3 Å². The van der Waals surface area contributed by atoms with Gasteiger partial charge in [0.1, 0.15) is 0 Å². The van der Waals surface area contributed by atoms with Crippen molar-refractivity contribution in [2.75, 3.05) is 11.4 Å². The molecular weight excluding hydrogens is 334 g/mol. The van der Waals surface area contributed by atoms with Gasteiger partial charge in [0.05, 0.1) is 12.1 Å². The molecule has 0 bridgehead atoms. The number of anilines is 1. The van der Waals surface area contributed by atoms with Crippen LogP contribution >= 0.6 is 11.3 Å². The summed E-state index contributed by atoms with van der Waals surface area (Å²) in [6.07, 6.45) is 2.81. The van der Waals surface area contributed by atoms with Crippen LogP contribution in [0.4, 0.5) is 5.69 Å². The molecule has 2 amide bonds. The molecule has 25 heavy (non-hydrogen) atoms. The lowest BCUT2D eigenvalue weighted by Crippen LogP contribution is -2.30. The minimum atomic E-state index is -0.374. The van der Waals surface area contributed by atoms with Crippen molar-refractivity contribution in [3.05, 3.63) is 51.7 Å². The van der Waals surface area contributed by atoms with Crippen molar-refractivity contribution in [3.8, 4) is 0 Å². The molecule has 1 aliphatic heterocycles. The second-order valence-electron chi connectivity index (χ2n) is 6.11. The minimum Gasteiger partial charge on any atom is -0.312 e. The quantitative estimate of drug-likeness (QED) is 0.662. The predicted molar refractivity (Wildman–Crippen MR) is 101 cm³/mol. The first-order valence-corrected chi connectivity index (χ1v) is 9.17. The van der Waals surface area contributed by atoms with Gasteiger partial charge in [-0.25, -0.2) is 5.43 Å². The van der Waals surface area contributed by atoms with Crippen LogP contribution in [0.1, 0.15) is 28.7 Å². The third-order valence-electron chi connectivity index (χ3n) is 4.28. The average molecular weight is 355 g/mol. The van der Waals surface area contributed by atoms with Crippen LogP contribution in [0.5, 0.6) is 0 Å². The number of benzene rings is 1. The Morgan fingerprint density at radius 2 is 2.08 bits per heavy atom. The largest absolute Gasteiger partial charge is 0.312 e. The SMILES string of the molecule is CCc1ccc(N2C[C@H](C(=O)N/N=C/c3ccc(C)s3)CC2=O)cc1. The summed E-state index contributed by atoms with van der Waals surface area (Å²) in [7, 11) is 0. The Balaban J connectivity index is 1.59. The van der Waals surface area contributed by atoms with Gasteiger partial charge in [0, 0.05) is 28.4 Å². The lowest BCUT2D eigenvalue weighted by Gasteiger charge is -2.16. The zero-order valence-corrected chi connectivity index (χ0v) is 15.2. The first-order valence-electron chi connectivity index (χ1n) is 8.35. The zero-order chi connectivity index (χ0) is 17.8. The van der Waals surface area contributed by atoms with Crippen LogP contribution in [0.25, 0.3) is 0 Å². The number of carbonyl (C=O) groups is 2. The molecule has 1 saturated heterocycles. The van der Waals surface area contributed by atoms with E-state index in [1.165, 1.54) is 10.4 Å². The maximum Gasteiger partial charge on any atom is 0.245 e. The summed E-state index contributed by atoms with van der Waals surface area (Å²) in [5.41, 5.74) is 4.62. The van der Waals surface area contributed by atoms with Gasteiger partial charge in [0.15, 0.2) is 0 Å². The lowest BCUT2D eigenvalue weighted by atomic mass is 10.1. The van der Waals surface area contributed by atoms with E-state index < -0.39 is 0 Å². The van der Waals surface area contributed by atoms with Gasteiger partial charge in [-0.1, -0.05) is 19.1 Å². The second kappa shape index (κ2) is 7.61. The Labute approximate surface area is 151 Å². The van der Waals surface area contributed by atoms with Crippen LogP contribution in [0.2, 0.25) is 0 Å². The molecule has 6 heteroatoms. The summed E-state index contributed by atoms with van der Waals surface area (Å²) in [5.74, 6) is -0.617. The summed E-state index contributed by atoms with van der Waals surface area (Å²) in [5, 5.41) is 4.00. The minimum absolute atomic E-state index is 0.0257. The van der Waals surface area contributed by atoms with Crippen LogP contribution in [0.3, 0.4) is 0 Å². The second-order valence-corrected chi connectivity index (χ2v) is 7.43. The van der Waals surface area contributed by atoms with Crippen molar-refractivity contribution in [2.45, 2.75) is 26.7 Å². The van der Waals surface area contributed by atoms with Crippen molar-refractivity contribution in [1.29, 1.82) is 0 Å². The van der Waals surface area contributed by atoms with Crippen LogP contribution in [-0.4, -0.2) is 24.6 Å². The van der Waals surface area contributed by atoms with E-state index in [1.54, 1.807) is 22.5 Å². The zero-order valence-electron chi connectivity index (χ0n) is 14.4. The van der Waals surface area contributed by atoms with Gasteiger partial charge in [-0.05, 0) is 43.2 Å². The fourth-order valence-corrected chi connectivity index (χ4v) is 3.57. The molecule has 0 radical (unpaired) electrons. The number of amides is 2. The van der Waals surface area contributed by atoms with Crippen LogP contribution in [0, 0.1) is 12.8 Å². The van der Waals surface area contributed by atoms with Gasteiger partial charge in [-0.15, -0.1) is 11.3 Å². The average Bonchev–Trinajstić information content (AvgIpc) is 3.20. The van der Waals surface area contributed by atoms with Gasteiger partial charge in [-0.2, -0.15) is 5.10 Å². The Morgan fingerprint density at radius 3 is 2.72 bits per heavy atom. The van der Waals surface area contributed by atoms with E-state index in [0.29, 0.717) is 6.54 Å². The highest BCUT2D eigenvalue weighted by molar-refractivity contribution is 7.13. The molecule has 1 aromatic carbocycles. The third-order valence-corrected chi connectivity index (χ3v) is 5.22. The van der Waals surface area contributed by atoms with Gasteiger partial charge >= 0.3 is 0 Å². The highest BCUT2D eigenvalue weighted by Gasteiger charge is 2.35. The number of nitrogens with zero attached hydrogens (tertiary/aromatic N) is 2. The number of hydrazone groups is 1. The van der Waals surface area contributed by atoms with Crippen molar-refractivity contribution in [2.24, 2.45) is 11.0 Å². The van der Waals surface area contributed by atoms with Crippen molar-refractivity contribution < 1.29 is 9.59 Å². The van der Waals surface area contributed by atoms with E-state index in [4.69, 9.17) is 0 Å². The Kier molecular flexibility index (Phi) is 5.28. The van der Waals surface area contributed by atoms with Crippen LogP contribution in [-0.2, 0) is 16.0 Å². The van der Waals surface area contributed by atoms with Crippen molar-refractivity contribution in [3.63, 3.8) is 0 Å². The number of hydrogen-bond acceptors (Lipinski definition) is 4. The monoisotopic (exact) mass is 355 g/mol. The topological polar surface area (TPSA) is 61.8 Å². The van der Waals surface area contributed by atoms with E-state index >= 15 is 0 Å². The van der Waals surface area contributed by atoms with E-state index in [9.17, 15) is 9.59 Å². The molecule has 1 aliphatic rings. The predicted octanol–water partition coefficient (Wildman–Crippen LogP) is 3.12. The summed E-state index contributed by atoms with van der Waals surface area (Å²) in [4.78, 5) is 28.4. The molecule has 2 aromatic rings. The van der Waals surface area contributed by atoms with Crippen LogP contribution in [0.15, 0.2) is 41.5 Å². The number of thiophene rings is 1. The molecule has 2 heterocycles. The van der Waals surface area contributed by atoms with Gasteiger partial charge in [0.2, 0.25) is 11.8 Å². The van der Waals surface area contributed by atoms with E-state index in [-0.39, 0.29) is 24.2 Å². The van der Waals surface area contributed by atoms with E-state index in [2.05, 4.69) is 17.5 Å². The summed E-state index contributed by atoms with van der Waals surface area (Å²) < 4.78 is 0. The molecule has 1 N–H and O–H groups in total. The highest BCUT2D eigenvalue weighted by Crippen LogP contribution is 2.25. The molecule has 1 atom stereocenters. The molecule has 0 spiro atoms. The molecular formula is C19H21N3O2S. The number of aryl methyl sites for hydroxylation is 2. The first-order chi connectivity index (χ1) is 12.1. The summed E-state index contributed by atoms with van der Waals surface area (Å²) in [6.45, 7) is 4.50. The van der Waals surface area contributed by atoms with E-state index in [1.807, 2.05) is 43.3 Å². The Bertz CT molecular complexity index is 795. The maximum absolute atomic E-state index is 12.3. The smallest absolute Gasteiger partial charge is 0.245 e. The lowest BCUT2D eigenvalue weighted by molar-refractivity contribution is -0.126. The number of nitrogens with one attached hydrogen (secondary N) is 1. The summed E-state index contributed by atoms with van der Waals surface area (Å²) >= 11 is 1.61. The fraction of sp³-hybridized carbons (Fsp3) is 0.316. The molecule has 130 valence electrons. The number of rotatable bonds is 5. The van der Waals surface area contributed by atoms with E-state index in [0.717, 1.165) is 17.0 Å². The molecule has 5 nitrogen and oxygen atoms in total. The molecule has 1 aromatic heterocycles. The Morgan fingerprint density at radius 1 is 1.32 bits per heavy atom. The molecule has 0 aliphatic carbocycles. The maximum atomic E-state index is 12.3. The molecule has 0 unspecified atom stereocenters. The van der Waals surface area contributed by atoms with Gasteiger partial charge in [0.25, 0.3) is 0 Å². The van der Waals surface area contributed by atoms with Crippen molar-refractivity contribution >= 4 is 35.1 Å². The Hall–Kier alpha value is -2.47. The fourth-order valence-electron chi connectivity index (χ4n) is 2.82. The normalized spacial score (nSPS) is 17.4. The molecule has 1 fully saturated rings. The number of carbonyl (C=O) groups excluding carboxylic acids is 2. The van der Waals surface area contributed by atoms with Crippen molar-refractivity contribution in [1.82, 2.24) is 5.43 Å². The molecule has 3 rings (SSSR count). The molecule has 0 saturated carbocycles. The first kappa shape index (κ1) is 17.4. The number of hydrogen-bond donors (Lipinski definition) is 1. The third kappa shape index (κ3) is 4.14. The van der Waals surface area contributed by atoms with Gasteiger partial charge in [-0.3, -0.25) is 9.59 Å². The summed E-state index contributed by atoms with van der Waals surface area (Å²) in [6, 6.07) is 11.9. The highest BCUT2D eigenvalue weighted by atomic mass is 32.1. The standard InChI is InChI=1S/C19H21N3O2S/c1-3-14-5-7-16(8-6-14)22-12-15(10-18(22)23)19(24)21-20-11-17-9-4-13(2)25-17/h4-9,11,15H,3,10,12H2,1-2H3,(H,21,24)/b20-11+/t15-/m1/s1.